The number of carbonyl (C=O) groups excluding carboxylic acids is 1. The Hall–Kier alpha value is -2.54. The lowest BCUT2D eigenvalue weighted by molar-refractivity contribution is -0.117. The van der Waals surface area contributed by atoms with Crippen molar-refractivity contribution in [3.63, 3.8) is 0 Å². The van der Waals surface area contributed by atoms with E-state index in [0.29, 0.717) is 13.0 Å². The van der Waals surface area contributed by atoms with Crippen LogP contribution in [0.4, 0.5) is 18.9 Å². The van der Waals surface area contributed by atoms with Gasteiger partial charge in [0, 0.05) is 6.54 Å². The molecule has 0 bridgehead atoms. The second-order valence-corrected chi connectivity index (χ2v) is 5.61. The van der Waals surface area contributed by atoms with E-state index < -0.39 is 23.4 Å². The molecule has 0 unspecified atom stereocenters. The van der Waals surface area contributed by atoms with Crippen molar-refractivity contribution in [2.75, 3.05) is 32.6 Å². The smallest absolute Gasteiger partial charge is 0.238 e. The first kappa shape index (κ1) is 18.8. The Balaban J connectivity index is 1.84. The maximum atomic E-state index is 13.5. The fraction of sp³-hybridized carbons (Fsp3) is 0.278. The van der Waals surface area contributed by atoms with E-state index in [4.69, 9.17) is 4.74 Å². The predicted octanol–water partition coefficient (Wildman–Crippen LogP) is 3.23. The Morgan fingerprint density at radius 2 is 1.76 bits per heavy atom. The van der Waals surface area contributed by atoms with Gasteiger partial charge in [-0.25, -0.2) is 13.2 Å². The van der Waals surface area contributed by atoms with Crippen LogP contribution in [0.25, 0.3) is 0 Å². The number of likely N-dealkylation sites (N-methyl/N-ethyl adjacent to an activating group) is 1. The summed E-state index contributed by atoms with van der Waals surface area (Å²) in [5.74, 6) is -4.06. The SMILES string of the molecule is COc1ccc(CCN(C)CC(=O)Nc2ccc(F)c(F)c2F)cc1. The number of rotatable bonds is 7. The van der Waals surface area contributed by atoms with E-state index in [-0.39, 0.29) is 12.2 Å². The largest absolute Gasteiger partial charge is 0.497 e. The van der Waals surface area contributed by atoms with E-state index in [2.05, 4.69) is 5.32 Å². The highest BCUT2D eigenvalue weighted by molar-refractivity contribution is 5.92. The molecule has 2 rings (SSSR count). The van der Waals surface area contributed by atoms with Gasteiger partial charge in [0.15, 0.2) is 17.5 Å². The fourth-order valence-corrected chi connectivity index (χ4v) is 2.25. The first-order valence-corrected chi connectivity index (χ1v) is 7.65. The molecule has 0 spiro atoms. The Morgan fingerprint density at radius 1 is 1.08 bits per heavy atom. The van der Waals surface area contributed by atoms with Crippen LogP contribution >= 0.6 is 0 Å². The molecule has 0 saturated carbocycles. The maximum absolute atomic E-state index is 13.5. The number of nitrogens with one attached hydrogen (secondary N) is 1. The van der Waals surface area contributed by atoms with Gasteiger partial charge >= 0.3 is 0 Å². The Bertz CT molecular complexity index is 736. The maximum Gasteiger partial charge on any atom is 0.238 e. The monoisotopic (exact) mass is 352 g/mol. The molecule has 0 heterocycles. The van der Waals surface area contributed by atoms with Crippen LogP contribution in [0.15, 0.2) is 36.4 Å². The van der Waals surface area contributed by atoms with Crippen LogP contribution in [-0.2, 0) is 11.2 Å². The lowest BCUT2D eigenvalue weighted by atomic mass is 10.1. The third-order valence-electron chi connectivity index (χ3n) is 3.66. The standard InChI is InChI=1S/C18H19F3N2O2/c1-23(10-9-12-3-5-13(25-2)6-4-12)11-16(24)22-15-8-7-14(19)17(20)18(15)21/h3-8H,9-11H2,1-2H3,(H,22,24). The van der Waals surface area contributed by atoms with Crippen LogP contribution < -0.4 is 10.1 Å². The van der Waals surface area contributed by atoms with Crippen LogP contribution in [-0.4, -0.2) is 38.1 Å². The number of nitrogens with zero attached hydrogens (tertiary/aromatic N) is 1. The van der Waals surface area contributed by atoms with Gasteiger partial charge < -0.3 is 10.1 Å². The molecule has 2 aromatic carbocycles. The van der Waals surface area contributed by atoms with Gasteiger partial charge in [0.2, 0.25) is 5.91 Å². The molecule has 0 radical (unpaired) electrons. The molecule has 0 saturated heterocycles. The number of methoxy groups -OCH3 is 1. The van der Waals surface area contributed by atoms with Crippen molar-refractivity contribution in [2.24, 2.45) is 0 Å². The minimum atomic E-state index is -1.61. The van der Waals surface area contributed by atoms with Gasteiger partial charge in [0.1, 0.15) is 5.75 Å². The number of hydrogen-bond acceptors (Lipinski definition) is 3. The molecule has 0 fully saturated rings. The molecule has 0 aliphatic heterocycles. The highest BCUT2D eigenvalue weighted by Gasteiger charge is 2.15. The Morgan fingerprint density at radius 3 is 2.40 bits per heavy atom. The average molecular weight is 352 g/mol. The van der Waals surface area contributed by atoms with Crippen molar-refractivity contribution in [3.8, 4) is 5.75 Å². The highest BCUT2D eigenvalue weighted by atomic mass is 19.2. The number of carbonyl (C=O) groups is 1. The molecule has 0 atom stereocenters. The van der Waals surface area contributed by atoms with E-state index in [9.17, 15) is 18.0 Å². The fourth-order valence-electron chi connectivity index (χ4n) is 2.25. The molecular formula is C18H19F3N2O2. The third kappa shape index (κ3) is 5.22. The summed E-state index contributed by atoms with van der Waals surface area (Å²) in [5.41, 5.74) is 0.701. The lowest BCUT2D eigenvalue weighted by Crippen LogP contribution is -2.32. The van der Waals surface area contributed by atoms with Crippen molar-refractivity contribution in [3.05, 3.63) is 59.4 Å². The molecular weight excluding hydrogens is 333 g/mol. The van der Waals surface area contributed by atoms with Gasteiger partial charge in [-0.05, 0) is 43.3 Å². The highest BCUT2D eigenvalue weighted by Crippen LogP contribution is 2.19. The molecule has 0 aromatic heterocycles. The topological polar surface area (TPSA) is 41.6 Å². The van der Waals surface area contributed by atoms with Crippen LogP contribution in [0.3, 0.4) is 0 Å². The Labute approximate surface area is 144 Å². The summed E-state index contributed by atoms with van der Waals surface area (Å²) in [6.07, 6.45) is 0.716. The van der Waals surface area contributed by atoms with Gasteiger partial charge in [0.25, 0.3) is 0 Å². The van der Waals surface area contributed by atoms with Crippen LogP contribution in [0.1, 0.15) is 5.56 Å². The van der Waals surface area contributed by atoms with Crippen molar-refractivity contribution in [1.82, 2.24) is 4.90 Å². The second-order valence-electron chi connectivity index (χ2n) is 5.61. The van der Waals surface area contributed by atoms with Gasteiger partial charge in [0.05, 0.1) is 19.3 Å². The number of ether oxygens (including phenoxy) is 1. The van der Waals surface area contributed by atoms with Crippen molar-refractivity contribution < 1.29 is 22.7 Å². The molecule has 7 heteroatoms. The molecule has 134 valence electrons. The second kappa shape index (κ2) is 8.53. The predicted molar refractivity (Wildman–Crippen MR) is 89.1 cm³/mol. The first-order valence-electron chi connectivity index (χ1n) is 7.65. The molecule has 25 heavy (non-hydrogen) atoms. The molecule has 0 aliphatic carbocycles. The van der Waals surface area contributed by atoms with E-state index >= 15 is 0 Å². The number of amides is 1. The van der Waals surface area contributed by atoms with E-state index in [1.54, 1.807) is 19.1 Å². The summed E-state index contributed by atoms with van der Waals surface area (Å²) in [6, 6.07) is 9.33. The third-order valence-corrected chi connectivity index (χ3v) is 3.66. The summed E-state index contributed by atoms with van der Waals surface area (Å²) < 4.78 is 44.6. The van der Waals surface area contributed by atoms with Gasteiger partial charge in [-0.15, -0.1) is 0 Å². The zero-order valence-electron chi connectivity index (χ0n) is 14.0. The van der Waals surface area contributed by atoms with Gasteiger partial charge in [-0.2, -0.15) is 0 Å². The molecule has 2 aromatic rings. The van der Waals surface area contributed by atoms with Gasteiger partial charge in [-0.1, -0.05) is 12.1 Å². The quantitative estimate of drug-likeness (QED) is 0.778. The van der Waals surface area contributed by atoms with Crippen LogP contribution in [0.2, 0.25) is 0 Å². The number of anilines is 1. The van der Waals surface area contributed by atoms with Crippen molar-refractivity contribution >= 4 is 11.6 Å². The summed E-state index contributed by atoms with van der Waals surface area (Å²) in [5, 5.41) is 2.24. The van der Waals surface area contributed by atoms with Crippen LogP contribution in [0, 0.1) is 17.5 Å². The number of benzene rings is 2. The Kier molecular flexibility index (Phi) is 6.41. The average Bonchev–Trinajstić information content (AvgIpc) is 2.61. The first-order chi connectivity index (χ1) is 11.9. The van der Waals surface area contributed by atoms with Crippen molar-refractivity contribution in [2.45, 2.75) is 6.42 Å². The molecule has 0 aliphatic rings. The van der Waals surface area contributed by atoms with E-state index in [1.807, 2.05) is 24.3 Å². The summed E-state index contributed by atoms with van der Waals surface area (Å²) in [7, 11) is 3.34. The number of halogens is 3. The number of hydrogen-bond donors (Lipinski definition) is 1. The summed E-state index contributed by atoms with van der Waals surface area (Å²) in [4.78, 5) is 13.7. The molecule has 1 amide bonds. The summed E-state index contributed by atoms with van der Waals surface area (Å²) in [6.45, 7) is 0.592. The zero-order valence-corrected chi connectivity index (χ0v) is 14.0. The molecule has 1 N–H and O–H groups in total. The van der Waals surface area contributed by atoms with Gasteiger partial charge in [-0.3, -0.25) is 9.69 Å². The van der Waals surface area contributed by atoms with Crippen molar-refractivity contribution in [1.29, 1.82) is 0 Å². The zero-order chi connectivity index (χ0) is 18.4. The van der Waals surface area contributed by atoms with E-state index in [1.165, 1.54) is 0 Å². The lowest BCUT2D eigenvalue weighted by Gasteiger charge is -2.16. The molecule has 4 nitrogen and oxygen atoms in total. The summed E-state index contributed by atoms with van der Waals surface area (Å²) >= 11 is 0. The van der Waals surface area contributed by atoms with Crippen LogP contribution in [0.5, 0.6) is 5.75 Å². The minimum Gasteiger partial charge on any atom is -0.497 e. The minimum absolute atomic E-state index is 0.00537. The normalized spacial score (nSPS) is 10.8. The van der Waals surface area contributed by atoms with E-state index in [0.717, 1.165) is 23.4 Å².